The molecule has 1 rings (SSSR count). The first-order chi connectivity index (χ1) is 8.38. The van der Waals surface area contributed by atoms with Gasteiger partial charge >= 0.3 is 0 Å². The van der Waals surface area contributed by atoms with Crippen molar-refractivity contribution in [2.45, 2.75) is 6.92 Å². The Labute approximate surface area is 102 Å². The summed E-state index contributed by atoms with van der Waals surface area (Å²) in [5.41, 5.74) is -0.750. The Morgan fingerprint density at radius 2 is 2.22 bits per heavy atom. The van der Waals surface area contributed by atoms with E-state index in [0.29, 0.717) is 0 Å². The van der Waals surface area contributed by atoms with E-state index in [0.717, 1.165) is 17.0 Å². The summed E-state index contributed by atoms with van der Waals surface area (Å²) in [7, 11) is 1.32. The number of carbonyl (C=O) groups is 1. The lowest BCUT2D eigenvalue weighted by molar-refractivity contribution is -0.385. The third-order valence-corrected chi connectivity index (χ3v) is 2.34. The average molecular weight is 251 g/mol. The first-order valence-corrected chi connectivity index (χ1v) is 4.95. The normalized spacial score (nSPS) is 9.67. The number of hydrogen-bond donors (Lipinski definition) is 0. The molecular weight excluding hydrogens is 241 g/mol. The van der Waals surface area contributed by atoms with Gasteiger partial charge in [0.15, 0.2) is 0 Å². The first kappa shape index (κ1) is 13.6. The van der Waals surface area contributed by atoms with Gasteiger partial charge in [0.25, 0.3) is 11.6 Å². The minimum atomic E-state index is -0.810. The predicted octanol–water partition coefficient (Wildman–Crippen LogP) is 1.64. The molecule has 0 radical (unpaired) electrons. The Balaban J connectivity index is 3.28. The van der Waals surface area contributed by atoms with Crippen molar-refractivity contribution >= 4 is 11.6 Å². The van der Waals surface area contributed by atoms with Gasteiger partial charge in [0.2, 0.25) is 0 Å². The lowest BCUT2D eigenvalue weighted by Gasteiger charge is -2.14. The van der Waals surface area contributed by atoms with E-state index in [2.05, 4.69) is 0 Å². The number of nitro groups is 1. The van der Waals surface area contributed by atoms with Crippen LogP contribution in [0.25, 0.3) is 0 Å². The zero-order valence-corrected chi connectivity index (χ0v) is 9.81. The van der Waals surface area contributed by atoms with Gasteiger partial charge in [-0.1, -0.05) is 0 Å². The van der Waals surface area contributed by atoms with Crippen molar-refractivity contribution in [1.29, 1.82) is 5.26 Å². The standard InChI is InChI=1S/C11H10FN3O3/c1-7-5-8(15(17)18)6-9(10(7)12)11(16)14(2)4-3-13/h5-6H,4H2,1-2H3. The number of carbonyl (C=O) groups excluding carboxylic acids is 1. The van der Waals surface area contributed by atoms with Gasteiger partial charge in [-0.2, -0.15) is 5.26 Å². The van der Waals surface area contributed by atoms with Crippen LogP contribution in [0.3, 0.4) is 0 Å². The van der Waals surface area contributed by atoms with E-state index in [4.69, 9.17) is 5.26 Å². The monoisotopic (exact) mass is 251 g/mol. The van der Waals surface area contributed by atoms with Gasteiger partial charge in [0, 0.05) is 19.2 Å². The molecule has 1 amide bonds. The van der Waals surface area contributed by atoms with Gasteiger partial charge in [-0.05, 0) is 12.5 Å². The summed E-state index contributed by atoms with van der Waals surface area (Å²) in [5.74, 6) is -1.57. The van der Waals surface area contributed by atoms with Crippen molar-refractivity contribution in [1.82, 2.24) is 4.90 Å². The van der Waals surface area contributed by atoms with E-state index in [9.17, 15) is 19.3 Å². The van der Waals surface area contributed by atoms with Crippen LogP contribution < -0.4 is 0 Å². The first-order valence-electron chi connectivity index (χ1n) is 4.95. The molecule has 0 N–H and O–H groups in total. The molecule has 0 saturated heterocycles. The molecule has 0 saturated carbocycles. The molecule has 18 heavy (non-hydrogen) atoms. The average Bonchev–Trinajstić information content (AvgIpc) is 2.31. The van der Waals surface area contributed by atoms with Gasteiger partial charge in [0.05, 0.1) is 16.6 Å². The molecule has 7 heteroatoms. The number of halogens is 1. The third kappa shape index (κ3) is 2.60. The van der Waals surface area contributed by atoms with Crippen LogP contribution in [0.2, 0.25) is 0 Å². The predicted molar refractivity (Wildman–Crippen MR) is 60.4 cm³/mol. The molecule has 0 bridgehead atoms. The number of nitro benzene ring substituents is 1. The van der Waals surface area contributed by atoms with Crippen molar-refractivity contribution in [3.8, 4) is 6.07 Å². The Kier molecular flexibility index (Phi) is 3.94. The van der Waals surface area contributed by atoms with E-state index in [1.165, 1.54) is 14.0 Å². The summed E-state index contributed by atoms with van der Waals surface area (Å²) >= 11 is 0. The number of nitriles is 1. The number of non-ortho nitro benzene ring substituents is 1. The quantitative estimate of drug-likeness (QED) is 0.464. The topological polar surface area (TPSA) is 87.2 Å². The lowest BCUT2D eigenvalue weighted by atomic mass is 10.1. The van der Waals surface area contributed by atoms with E-state index in [-0.39, 0.29) is 17.8 Å². The van der Waals surface area contributed by atoms with Crippen molar-refractivity contribution in [3.05, 3.63) is 39.2 Å². The Morgan fingerprint density at radius 3 is 2.72 bits per heavy atom. The Hall–Kier alpha value is -2.49. The Morgan fingerprint density at radius 1 is 1.61 bits per heavy atom. The number of nitrogens with zero attached hydrogens (tertiary/aromatic N) is 3. The van der Waals surface area contributed by atoms with Crippen LogP contribution in [0.5, 0.6) is 0 Å². The number of rotatable bonds is 3. The molecule has 0 aliphatic rings. The van der Waals surface area contributed by atoms with Crippen LogP contribution in [0.1, 0.15) is 15.9 Å². The maximum Gasteiger partial charge on any atom is 0.270 e. The highest BCUT2D eigenvalue weighted by atomic mass is 19.1. The maximum absolute atomic E-state index is 13.7. The second-order valence-corrected chi connectivity index (χ2v) is 3.70. The molecule has 0 aliphatic carbocycles. The molecule has 0 unspecified atom stereocenters. The highest BCUT2D eigenvalue weighted by Gasteiger charge is 2.21. The summed E-state index contributed by atoms with van der Waals surface area (Å²) < 4.78 is 13.7. The van der Waals surface area contributed by atoms with Crippen LogP contribution in [-0.2, 0) is 0 Å². The van der Waals surface area contributed by atoms with Gasteiger partial charge in [-0.15, -0.1) is 0 Å². The van der Waals surface area contributed by atoms with E-state index < -0.39 is 22.2 Å². The summed E-state index contributed by atoms with van der Waals surface area (Å²) in [5, 5.41) is 19.1. The minimum absolute atomic E-state index is 0.0120. The minimum Gasteiger partial charge on any atom is -0.328 e. The second kappa shape index (κ2) is 5.23. The number of aryl methyl sites for hydroxylation is 1. The summed E-state index contributed by atoms with van der Waals surface area (Å²) in [6.45, 7) is 1.11. The summed E-state index contributed by atoms with van der Waals surface area (Å²) in [6.07, 6.45) is 0. The number of amides is 1. The van der Waals surface area contributed by atoms with Crippen LogP contribution in [-0.4, -0.2) is 29.3 Å². The molecule has 94 valence electrons. The third-order valence-electron chi connectivity index (χ3n) is 2.34. The molecule has 0 fully saturated rings. The van der Waals surface area contributed by atoms with Crippen molar-refractivity contribution < 1.29 is 14.1 Å². The highest BCUT2D eigenvalue weighted by molar-refractivity contribution is 5.95. The van der Waals surface area contributed by atoms with Gasteiger partial charge in [0.1, 0.15) is 12.4 Å². The van der Waals surface area contributed by atoms with Gasteiger partial charge in [-0.25, -0.2) is 4.39 Å². The SMILES string of the molecule is Cc1cc([N+](=O)[O-])cc(C(=O)N(C)CC#N)c1F. The fourth-order valence-corrected chi connectivity index (χ4v) is 1.40. The van der Waals surface area contributed by atoms with E-state index >= 15 is 0 Å². The highest BCUT2D eigenvalue weighted by Crippen LogP contribution is 2.21. The molecule has 0 aliphatic heterocycles. The smallest absolute Gasteiger partial charge is 0.270 e. The van der Waals surface area contributed by atoms with E-state index in [1.807, 2.05) is 0 Å². The molecular formula is C11H10FN3O3. The molecule has 0 atom stereocenters. The van der Waals surface area contributed by atoms with Crippen molar-refractivity contribution in [2.24, 2.45) is 0 Å². The zero-order valence-electron chi connectivity index (χ0n) is 9.81. The van der Waals surface area contributed by atoms with Crippen LogP contribution in [0.15, 0.2) is 12.1 Å². The molecule has 6 nitrogen and oxygen atoms in total. The molecule has 0 heterocycles. The largest absolute Gasteiger partial charge is 0.328 e. The number of benzene rings is 1. The fraction of sp³-hybridized carbons (Fsp3) is 0.273. The maximum atomic E-state index is 13.7. The van der Waals surface area contributed by atoms with Crippen LogP contribution >= 0.6 is 0 Å². The van der Waals surface area contributed by atoms with Gasteiger partial charge in [-0.3, -0.25) is 14.9 Å². The zero-order chi connectivity index (χ0) is 13.9. The second-order valence-electron chi connectivity index (χ2n) is 3.70. The van der Waals surface area contributed by atoms with Gasteiger partial charge < -0.3 is 4.90 Å². The molecule has 0 spiro atoms. The van der Waals surface area contributed by atoms with Crippen LogP contribution in [0.4, 0.5) is 10.1 Å². The summed E-state index contributed by atoms with van der Waals surface area (Å²) in [4.78, 5) is 22.7. The Bertz CT molecular complexity index is 551. The molecule has 1 aromatic carbocycles. The van der Waals surface area contributed by atoms with Crippen LogP contribution in [0, 0.1) is 34.2 Å². The van der Waals surface area contributed by atoms with Crippen molar-refractivity contribution in [3.63, 3.8) is 0 Å². The van der Waals surface area contributed by atoms with E-state index in [1.54, 1.807) is 6.07 Å². The molecule has 1 aromatic rings. The lowest BCUT2D eigenvalue weighted by Crippen LogP contribution is -2.28. The summed E-state index contributed by atoms with van der Waals surface area (Å²) in [6, 6.07) is 3.66. The molecule has 0 aromatic heterocycles. The van der Waals surface area contributed by atoms with Crippen molar-refractivity contribution in [2.75, 3.05) is 13.6 Å². The number of hydrogen-bond acceptors (Lipinski definition) is 4. The fourth-order valence-electron chi connectivity index (χ4n) is 1.40.